The predicted octanol–water partition coefficient (Wildman–Crippen LogP) is 0.354. The van der Waals surface area contributed by atoms with Crippen molar-refractivity contribution in [2.24, 2.45) is 11.3 Å². The zero-order valence-electron chi connectivity index (χ0n) is 10.2. The maximum absolute atomic E-state index is 9.51. The van der Waals surface area contributed by atoms with Crippen molar-refractivity contribution in [3.8, 4) is 0 Å². The van der Waals surface area contributed by atoms with Crippen LogP contribution in [-0.2, 0) is 9.47 Å². The van der Waals surface area contributed by atoms with Crippen LogP contribution >= 0.6 is 0 Å². The van der Waals surface area contributed by atoms with Crippen LogP contribution in [0.2, 0.25) is 0 Å². The Labute approximate surface area is 97.5 Å². The maximum Gasteiger partial charge on any atom is 0.0557 e. The molecule has 0 radical (unpaired) electrons. The molecule has 94 valence electrons. The van der Waals surface area contributed by atoms with Crippen molar-refractivity contribution in [2.45, 2.75) is 12.8 Å². The lowest BCUT2D eigenvalue weighted by molar-refractivity contribution is 0.0609. The summed E-state index contributed by atoms with van der Waals surface area (Å²) >= 11 is 0. The molecule has 2 rings (SSSR count). The van der Waals surface area contributed by atoms with Gasteiger partial charge in [0.2, 0.25) is 0 Å². The van der Waals surface area contributed by atoms with Gasteiger partial charge in [-0.2, -0.15) is 0 Å². The van der Waals surface area contributed by atoms with Crippen LogP contribution in [0.15, 0.2) is 0 Å². The van der Waals surface area contributed by atoms with Crippen molar-refractivity contribution in [3.63, 3.8) is 0 Å². The van der Waals surface area contributed by atoms with Gasteiger partial charge in [-0.1, -0.05) is 0 Å². The topological polar surface area (TPSA) is 41.9 Å². The van der Waals surface area contributed by atoms with E-state index in [4.69, 9.17) is 9.47 Å². The van der Waals surface area contributed by atoms with E-state index in [1.54, 1.807) is 7.11 Å². The Morgan fingerprint density at radius 1 is 1.56 bits per heavy atom. The Balaban J connectivity index is 1.81. The van der Waals surface area contributed by atoms with Crippen LogP contribution in [0.5, 0.6) is 0 Å². The average Bonchev–Trinajstić information content (AvgIpc) is 2.90. The molecule has 2 heterocycles. The van der Waals surface area contributed by atoms with Gasteiger partial charge in [-0.05, 0) is 25.3 Å². The van der Waals surface area contributed by atoms with E-state index in [0.717, 1.165) is 45.9 Å². The second kappa shape index (κ2) is 5.45. The normalized spacial score (nSPS) is 36.0. The molecular weight excluding hydrogens is 206 g/mol. The fourth-order valence-corrected chi connectivity index (χ4v) is 2.85. The number of nitrogens with zero attached hydrogens (tertiary/aromatic N) is 1. The molecule has 0 aromatic rings. The molecule has 0 aromatic heterocycles. The lowest BCUT2D eigenvalue weighted by Gasteiger charge is -2.30. The van der Waals surface area contributed by atoms with Crippen LogP contribution in [0.3, 0.4) is 0 Å². The Morgan fingerprint density at radius 3 is 3.06 bits per heavy atom. The van der Waals surface area contributed by atoms with E-state index < -0.39 is 0 Å². The molecular formula is C12H23NO3. The minimum atomic E-state index is 0.00195. The van der Waals surface area contributed by atoms with Crippen molar-refractivity contribution in [2.75, 3.05) is 53.2 Å². The number of methoxy groups -OCH3 is 1. The first-order chi connectivity index (χ1) is 7.78. The first-order valence-corrected chi connectivity index (χ1v) is 6.18. The molecule has 4 heteroatoms. The molecule has 2 saturated heterocycles. The smallest absolute Gasteiger partial charge is 0.0557 e. The fraction of sp³-hybridized carbons (Fsp3) is 1.00. The summed E-state index contributed by atoms with van der Waals surface area (Å²) in [7, 11) is 1.77. The number of hydrogen-bond donors (Lipinski definition) is 1. The van der Waals surface area contributed by atoms with Crippen LogP contribution in [0.1, 0.15) is 12.8 Å². The van der Waals surface area contributed by atoms with Gasteiger partial charge in [-0.3, -0.25) is 0 Å². The number of rotatable bonds is 5. The summed E-state index contributed by atoms with van der Waals surface area (Å²) in [4.78, 5) is 2.45. The third-order valence-electron chi connectivity index (χ3n) is 3.85. The van der Waals surface area contributed by atoms with Gasteiger partial charge >= 0.3 is 0 Å². The first kappa shape index (κ1) is 12.3. The molecule has 2 atom stereocenters. The molecule has 0 saturated carbocycles. The van der Waals surface area contributed by atoms with Gasteiger partial charge in [0.1, 0.15) is 0 Å². The van der Waals surface area contributed by atoms with E-state index in [2.05, 4.69) is 4.90 Å². The maximum atomic E-state index is 9.51. The van der Waals surface area contributed by atoms with Gasteiger partial charge < -0.3 is 19.5 Å². The zero-order chi connectivity index (χ0) is 11.4. The molecule has 2 unspecified atom stereocenters. The van der Waals surface area contributed by atoms with Crippen molar-refractivity contribution in [3.05, 3.63) is 0 Å². The summed E-state index contributed by atoms with van der Waals surface area (Å²) in [5.41, 5.74) is 0.00195. The number of likely N-dealkylation sites (tertiary alicyclic amines) is 1. The second-order valence-corrected chi connectivity index (χ2v) is 5.31. The summed E-state index contributed by atoms with van der Waals surface area (Å²) in [6.07, 6.45) is 2.21. The molecule has 1 N–H and O–H groups in total. The van der Waals surface area contributed by atoms with E-state index >= 15 is 0 Å². The van der Waals surface area contributed by atoms with E-state index in [0.29, 0.717) is 5.92 Å². The van der Waals surface area contributed by atoms with Crippen molar-refractivity contribution >= 4 is 0 Å². The van der Waals surface area contributed by atoms with Crippen LogP contribution in [0, 0.1) is 11.3 Å². The highest BCUT2D eigenvalue weighted by atomic mass is 16.5. The molecule has 0 amide bonds. The predicted molar refractivity (Wildman–Crippen MR) is 61.4 cm³/mol. The highest BCUT2D eigenvalue weighted by molar-refractivity contribution is 4.88. The van der Waals surface area contributed by atoms with Crippen LogP contribution in [0.4, 0.5) is 0 Å². The van der Waals surface area contributed by atoms with E-state index in [1.165, 1.54) is 6.42 Å². The first-order valence-electron chi connectivity index (χ1n) is 6.18. The van der Waals surface area contributed by atoms with Gasteiger partial charge in [0.25, 0.3) is 0 Å². The van der Waals surface area contributed by atoms with Crippen molar-refractivity contribution < 1.29 is 14.6 Å². The average molecular weight is 229 g/mol. The Morgan fingerprint density at radius 2 is 2.44 bits per heavy atom. The molecule has 0 spiro atoms. The lowest BCUT2D eigenvalue weighted by Crippen LogP contribution is -2.40. The van der Waals surface area contributed by atoms with Crippen LogP contribution in [0.25, 0.3) is 0 Å². The molecule has 0 aromatic carbocycles. The molecule has 16 heavy (non-hydrogen) atoms. The van der Waals surface area contributed by atoms with Gasteiger partial charge in [-0.25, -0.2) is 0 Å². The summed E-state index contributed by atoms with van der Waals surface area (Å²) in [5, 5.41) is 9.51. The standard InChI is InChI=1S/C12H23NO3/c1-15-7-11-2-4-13(6-11)8-12(9-14)3-5-16-10-12/h11,14H,2-10H2,1H3. The monoisotopic (exact) mass is 229 g/mol. The second-order valence-electron chi connectivity index (χ2n) is 5.31. The number of hydrogen-bond acceptors (Lipinski definition) is 4. The van der Waals surface area contributed by atoms with Crippen molar-refractivity contribution in [1.82, 2.24) is 4.90 Å². The number of aliphatic hydroxyl groups excluding tert-OH is 1. The fourth-order valence-electron chi connectivity index (χ4n) is 2.85. The number of ether oxygens (including phenoxy) is 2. The molecule has 0 bridgehead atoms. The SMILES string of the molecule is COCC1CCN(CC2(CO)CCOC2)C1. The highest BCUT2D eigenvalue weighted by Crippen LogP contribution is 2.31. The minimum absolute atomic E-state index is 0.00195. The minimum Gasteiger partial charge on any atom is -0.396 e. The summed E-state index contributed by atoms with van der Waals surface area (Å²) in [6.45, 7) is 5.84. The van der Waals surface area contributed by atoms with E-state index in [9.17, 15) is 5.11 Å². The van der Waals surface area contributed by atoms with E-state index in [-0.39, 0.29) is 12.0 Å². The summed E-state index contributed by atoms with van der Waals surface area (Å²) in [5.74, 6) is 0.670. The largest absolute Gasteiger partial charge is 0.396 e. The molecule has 2 aliphatic heterocycles. The summed E-state index contributed by atoms with van der Waals surface area (Å²) in [6, 6.07) is 0. The Hall–Kier alpha value is -0.160. The molecule has 0 aliphatic carbocycles. The van der Waals surface area contributed by atoms with Gasteiger partial charge in [-0.15, -0.1) is 0 Å². The lowest BCUT2D eigenvalue weighted by atomic mass is 9.88. The quantitative estimate of drug-likeness (QED) is 0.739. The van der Waals surface area contributed by atoms with Gasteiger partial charge in [0, 0.05) is 32.2 Å². The highest BCUT2D eigenvalue weighted by Gasteiger charge is 2.37. The molecule has 2 aliphatic rings. The Bertz CT molecular complexity index is 216. The van der Waals surface area contributed by atoms with Crippen LogP contribution in [-0.4, -0.2) is 63.2 Å². The van der Waals surface area contributed by atoms with Crippen LogP contribution < -0.4 is 0 Å². The third-order valence-corrected chi connectivity index (χ3v) is 3.85. The molecule has 2 fully saturated rings. The third kappa shape index (κ3) is 2.74. The molecule has 4 nitrogen and oxygen atoms in total. The van der Waals surface area contributed by atoms with Gasteiger partial charge in [0.05, 0.1) is 19.8 Å². The number of aliphatic hydroxyl groups is 1. The van der Waals surface area contributed by atoms with Gasteiger partial charge in [0.15, 0.2) is 0 Å². The summed E-state index contributed by atoms with van der Waals surface area (Å²) < 4.78 is 10.6. The Kier molecular flexibility index (Phi) is 4.19. The van der Waals surface area contributed by atoms with Crippen molar-refractivity contribution in [1.29, 1.82) is 0 Å². The van der Waals surface area contributed by atoms with E-state index in [1.807, 2.05) is 0 Å². The zero-order valence-corrected chi connectivity index (χ0v) is 10.2.